The minimum Gasteiger partial charge on any atom is -0.493 e. The molecule has 0 saturated heterocycles. The van der Waals surface area contributed by atoms with Crippen molar-refractivity contribution in [2.75, 3.05) is 27.9 Å². The van der Waals surface area contributed by atoms with Gasteiger partial charge in [-0.15, -0.1) is 24.0 Å². The summed E-state index contributed by atoms with van der Waals surface area (Å²) in [5.41, 5.74) is 3.37. The molecule has 0 aliphatic carbocycles. The fourth-order valence-electron chi connectivity index (χ4n) is 2.69. The maximum Gasteiger partial charge on any atom is 0.203 e. The van der Waals surface area contributed by atoms with Crippen LogP contribution in [0.4, 0.5) is 0 Å². The first kappa shape index (κ1) is 23.9. The first-order chi connectivity index (χ1) is 13.1. The van der Waals surface area contributed by atoms with Crippen LogP contribution in [0.1, 0.15) is 23.6 Å². The third-order valence-electron chi connectivity index (χ3n) is 4.12. The Labute approximate surface area is 184 Å². The highest BCUT2D eigenvalue weighted by Crippen LogP contribution is 2.39. The number of rotatable bonds is 8. The molecular weight excluding hydrogens is 469 g/mol. The normalized spacial score (nSPS) is 10.7. The average Bonchev–Trinajstić information content (AvgIpc) is 2.70. The van der Waals surface area contributed by atoms with E-state index in [4.69, 9.17) is 14.2 Å². The summed E-state index contributed by atoms with van der Waals surface area (Å²) >= 11 is 0. The summed E-state index contributed by atoms with van der Waals surface area (Å²) < 4.78 is 16.3. The van der Waals surface area contributed by atoms with Gasteiger partial charge in [-0.1, -0.05) is 29.8 Å². The molecule has 0 fully saturated rings. The van der Waals surface area contributed by atoms with Crippen molar-refractivity contribution < 1.29 is 14.2 Å². The van der Waals surface area contributed by atoms with E-state index in [1.807, 2.05) is 19.1 Å². The van der Waals surface area contributed by atoms with E-state index in [-0.39, 0.29) is 24.0 Å². The summed E-state index contributed by atoms with van der Waals surface area (Å²) in [6.07, 6.45) is 0. The van der Waals surface area contributed by atoms with Gasteiger partial charge in [0.05, 0.1) is 27.9 Å². The maximum atomic E-state index is 5.54. The molecule has 2 N–H and O–H groups in total. The van der Waals surface area contributed by atoms with E-state index >= 15 is 0 Å². The molecular formula is C21H30IN3O3. The van der Waals surface area contributed by atoms with Crippen LogP contribution in [0.2, 0.25) is 0 Å². The second-order valence-corrected chi connectivity index (χ2v) is 6.03. The highest BCUT2D eigenvalue weighted by atomic mass is 127. The zero-order chi connectivity index (χ0) is 19.6. The fraction of sp³-hybridized carbons (Fsp3) is 0.381. The van der Waals surface area contributed by atoms with Crippen LogP contribution in [0.15, 0.2) is 41.4 Å². The molecule has 0 spiro atoms. The summed E-state index contributed by atoms with van der Waals surface area (Å²) in [4.78, 5) is 4.66. The van der Waals surface area contributed by atoms with Crippen LogP contribution in [-0.4, -0.2) is 33.8 Å². The molecule has 0 amide bonds. The maximum absolute atomic E-state index is 5.54. The molecule has 154 valence electrons. The zero-order valence-electron chi connectivity index (χ0n) is 17.2. The number of nitrogens with one attached hydrogen (secondary N) is 2. The van der Waals surface area contributed by atoms with Gasteiger partial charge in [0, 0.05) is 18.7 Å². The van der Waals surface area contributed by atoms with Gasteiger partial charge in [0.25, 0.3) is 0 Å². The standard InChI is InChI=1S/C21H29N3O3.HI/c1-6-22-21(23-13-16-9-7-15(2)8-10-16)24-14-17-11-12-18(25-3)20(27-5)19(17)26-4;/h7-12H,6,13-14H2,1-5H3,(H2,22,23,24);1H. The lowest BCUT2D eigenvalue weighted by Crippen LogP contribution is -2.36. The van der Waals surface area contributed by atoms with Gasteiger partial charge in [-0.05, 0) is 31.5 Å². The fourth-order valence-corrected chi connectivity index (χ4v) is 2.69. The van der Waals surface area contributed by atoms with Crippen LogP contribution in [-0.2, 0) is 13.1 Å². The molecule has 0 atom stereocenters. The van der Waals surface area contributed by atoms with E-state index in [1.54, 1.807) is 21.3 Å². The molecule has 2 aromatic carbocycles. The minimum absolute atomic E-state index is 0. The van der Waals surface area contributed by atoms with Crippen LogP contribution >= 0.6 is 24.0 Å². The minimum atomic E-state index is 0. The predicted octanol–water partition coefficient (Wildman–Crippen LogP) is 3.89. The Morgan fingerprint density at radius 2 is 1.57 bits per heavy atom. The van der Waals surface area contributed by atoms with E-state index in [9.17, 15) is 0 Å². The molecule has 6 nitrogen and oxygen atoms in total. The Morgan fingerprint density at radius 3 is 2.14 bits per heavy atom. The molecule has 0 heterocycles. The molecule has 0 aliphatic heterocycles. The molecule has 2 aromatic rings. The van der Waals surface area contributed by atoms with Gasteiger partial charge in [-0.3, -0.25) is 0 Å². The number of hydrogen-bond donors (Lipinski definition) is 2. The molecule has 0 bridgehead atoms. The van der Waals surface area contributed by atoms with Crippen molar-refractivity contribution in [3.63, 3.8) is 0 Å². The van der Waals surface area contributed by atoms with Crippen molar-refractivity contribution in [1.29, 1.82) is 0 Å². The lowest BCUT2D eigenvalue weighted by atomic mass is 10.1. The van der Waals surface area contributed by atoms with Gasteiger partial charge in [-0.25, -0.2) is 4.99 Å². The summed E-state index contributed by atoms with van der Waals surface area (Å²) in [6.45, 7) is 6.06. The number of halogens is 1. The Bertz CT molecular complexity index is 764. The first-order valence-electron chi connectivity index (χ1n) is 8.98. The topological polar surface area (TPSA) is 64.1 Å². The van der Waals surface area contributed by atoms with Crippen LogP contribution in [0.3, 0.4) is 0 Å². The average molecular weight is 499 g/mol. The number of aliphatic imine (C=N–C) groups is 1. The van der Waals surface area contributed by atoms with Crippen LogP contribution < -0.4 is 24.8 Å². The van der Waals surface area contributed by atoms with Crippen LogP contribution in [0, 0.1) is 6.92 Å². The zero-order valence-corrected chi connectivity index (χ0v) is 19.5. The highest BCUT2D eigenvalue weighted by Gasteiger charge is 2.15. The third-order valence-corrected chi connectivity index (χ3v) is 4.12. The number of methoxy groups -OCH3 is 3. The first-order valence-corrected chi connectivity index (χ1v) is 8.98. The predicted molar refractivity (Wildman–Crippen MR) is 124 cm³/mol. The van der Waals surface area contributed by atoms with Crippen molar-refractivity contribution in [2.24, 2.45) is 4.99 Å². The van der Waals surface area contributed by atoms with Crippen LogP contribution in [0.5, 0.6) is 17.2 Å². The van der Waals surface area contributed by atoms with Gasteiger partial charge >= 0.3 is 0 Å². The summed E-state index contributed by atoms with van der Waals surface area (Å²) in [7, 11) is 4.83. The molecule has 0 aliphatic rings. The number of aryl methyl sites for hydroxylation is 1. The monoisotopic (exact) mass is 499 g/mol. The number of nitrogens with zero attached hydrogens (tertiary/aromatic N) is 1. The SMILES string of the molecule is CCNC(=NCc1ccc(C)cc1)NCc1ccc(OC)c(OC)c1OC.I. The van der Waals surface area contributed by atoms with E-state index in [1.165, 1.54) is 11.1 Å². The summed E-state index contributed by atoms with van der Waals surface area (Å²) in [5.74, 6) is 2.62. The Hall–Kier alpha value is -2.16. The van der Waals surface area contributed by atoms with Gasteiger partial charge in [-0.2, -0.15) is 0 Å². The van der Waals surface area contributed by atoms with E-state index in [2.05, 4.69) is 46.8 Å². The largest absolute Gasteiger partial charge is 0.493 e. The molecule has 0 aromatic heterocycles. The quantitative estimate of drug-likeness (QED) is 0.328. The molecule has 28 heavy (non-hydrogen) atoms. The number of hydrogen-bond acceptors (Lipinski definition) is 4. The van der Waals surface area contributed by atoms with Crippen molar-refractivity contribution in [3.05, 3.63) is 53.1 Å². The number of ether oxygens (including phenoxy) is 3. The number of benzene rings is 2. The van der Waals surface area contributed by atoms with Crippen molar-refractivity contribution >= 4 is 29.9 Å². The van der Waals surface area contributed by atoms with Gasteiger partial charge in [0.15, 0.2) is 17.5 Å². The van der Waals surface area contributed by atoms with Crippen molar-refractivity contribution in [2.45, 2.75) is 26.9 Å². The Morgan fingerprint density at radius 1 is 0.893 bits per heavy atom. The van der Waals surface area contributed by atoms with Gasteiger partial charge in [0.1, 0.15) is 0 Å². The van der Waals surface area contributed by atoms with Crippen LogP contribution in [0.25, 0.3) is 0 Å². The smallest absolute Gasteiger partial charge is 0.203 e. The second kappa shape index (κ2) is 12.3. The number of guanidine groups is 1. The lowest BCUT2D eigenvalue weighted by molar-refractivity contribution is 0.322. The summed E-state index contributed by atoms with van der Waals surface area (Å²) in [5, 5.41) is 6.61. The van der Waals surface area contributed by atoms with Crippen molar-refractivity contribution in [1.82, 2.24) is 10.6 Å². The third kappa shape index (κ3) is 6.47. The molecule has 7 heteroatoms. The van der Waals surface area contributed by atoms with Crippen molar-refractivity contribution in [3.8, 4) is 17.2 Å². The van der Waals surface area contributed by atoms with Gasteiger partial charge < -0.3 is 24.8 Å². The highest BCUT2D eigenvalue weighted by molar-refractivity contribution is 14.0. The lowest BCUT2D eigenvalue weighted by Gasteiger charge is -2.17. The Kier molecular flexibility index (Phi) is 10.5. The molecule has 0 radical (unpaired) electrons. The van der Waals surface area contributed by atoms with Gasteiger partial charge in [0.2, 0.25) is 5.75 Å². The van der Waals surface area contributed by atoms with E-state index < -0.39 is 0 Å². The Balaban J connectivity index is 0.00000392. The van der Waals surface area contributed by atoms with E-state index in [0.29, 0.717) is 30.3 Å². The summed E-state index contributed by atoms with van der Waals surface area (Å²) in [6, 6.07) is 12.2. The molecule has 0 unspecified atom stereocenters. The second-order valence-electron chi connectivity index (χ2n) is 6.03. The van der Waals surface area contributed by atoms with E-state index in [0.717, 1.165) is 18.1 Å². The molecule has 0 saturated carbocycles. The molecule has 2 rings (SSSR count).